The van der Waals surface area contributed by atoms with Crippen LogP contribution in [0.1, 0.15) is 45.8 Å². The van der Waals surface area contributed by atoms with Crippen LogP contribution in [0.15, 0.2) is 21.6 Å². The number of rotatable bonds is 6. The van der Waals surface area contributed by atoms with Gasteiger partial charge < -0.3 is 9.64 Å². The zero-order valence-corrected chi connectivity index (χ0v) is 11.5. The number of nitrogens with zero attached hydrogens (tertiary/aromatic N) is 3. The van der Waals surface area contributed by atoms with Crippen molar-refractivity contribution in [2.45, 2.75) is 39.0 Å². The van der Waals surface area contributed by atoms with E-state index in [1.165, 1.54) is 4.90 Å². The van der Waals surface area contributed by atoms with Crippen LogP contribution in [-0.2, 0) is 4.74 Å². The maximum atomic E-state index is 7.73. The molecule has 106 valence electrons. The summed E-state index contributed by atoms with van der Waals surface area (Å²) in [5, 5.41) is 0. The van der Waals surface area contributed by atoms with E-state index in [0.717, 1.165) is 5.57 Å². The first kappa shape index (κ1) is 8.90. The van der Waals surface area contributed by atoms with Gasteiger partial charge in [0.1, 0.15) is 12.4 Å². The highest BCUT2D eigenvalue weighted by atomic mass is 16.5. The van der Waals surface area contributed by atoms with Crippen molar-refractivity contribution in [3.05, 3.63) is 11.6 Å². The molecule has 0 saturated heterocycles. The Morgan fingerprint density at radius 3 is 3.26 bits per heavy atom. The van der Waals surface area contributed by atoms with Gasteiger partial charge >= 0.3 is 0 Å². The molecule has 0 aromatic rings. The fraction of sp³-hybridized carbons (Fsp3) is 0.733. The van der Waals surface area contributed by atoms with Crippen molar-refractivity contribution in [1.82, 2.24) is 4.90 Å². The van der Waals surface area contributed by atoms with Gasteiger partial charge in [-0.1, -0.05) is 32.2 Å². The molecule has 0 unspecified atom stereocenters. The van der Waals surface area contributed by atoms with E-state index in [1.807, 2.05) is 13.0 Å². The summed E-state index contributed by atoms with van der Waals surface area (Å²) >= 11 is 0. The van der Waals surface area contributed by atoms with Crippen molar-refractivity contribution in [3.8, 4) is 0 Å². The number of hydrogen-bond donors (Lipinski definition) is 0. The van der Waals surface area contributed by atoms with Gasteiger partial charge in [-0.25, -0.2) is 4.99 Å². The summed E-state index contributed by atoms with van der Waals surface area (Å²) in [6, 6.07) is 0. The third-order valence-electron chi connectivity index (χ3n) is 3.09. The molecule has 0 aliphatic carbocycles. The fourth-order valence-electron chi connectivity index (χ4n) is 2.12. The van der Waals surface area contributed by atoms with E-state index in [2.05, 4.69) is 9.98 Å². The fourth-order valence-corrected chi connectivity index (χ4v) is 2.12. The van der Waals surface area contributed by atoms with E-state index in [1.54, 1.807) is 0 Å². The molecule has 0 bridgehead atoms. The van der Waals surface area contributed by atoms with Crippen LogP contribution in [-0.4, -0.2) is 49.9 Å². The van der Waals surface area contributed by atoms with Crippen LogP contribution < -0.4 is 0 Å². The third kappa shape index (κ3) is 4.16. The smallest absolute Gasteiger partial charge is 0.237 e. The van der Waals surface area contributed by atoms with Crippen molar-refractivity contribution in [2.75, 3.05) is 33.3 Å². The first-order valence-corrected chi connectivity index (χ1v) is 6.89. The number of hydrogen-bond acceptors (Lipinski definition) is 4. The second kappa shape index (κ2) is 7.43. The second-order valence-corrected chi connectivity index (χ2v) is 4.61. The zero-order valence-electron chi connectivity index (χ0n) is 16.5. The van der Waals surface area contributed by atoms with Gasteiger partial charge in [0.15, 0.2) is 0 Å². The second-order valence-electron chi connectivity index (χ2n) is 4.61. The lowest BCUT2D eigenvalue weighted by Crippen LogP contribution is -2.31. The topological polar surface area (TPSA) is 37.2 Å². The van der Waals surface area contributed by atoms with E-state index in [0.29, 0.717) is 63.7 Å². The van der Waals surface area contributed by atoms with Crippen molar-refractivity contribution < 1.29 is 11.6 Å². The number of aliphatic imine (C=N–C) groups is 2. The number of likely N-dealkylation sites (N-methyl/N-ethyl adjacent to an activating group) is 1. The molecule has 2 rings (SSSR count). The van der Waals surface area contributed by atoms with Crippen LogP contribution in [0.5, 0.6) is 0 Å². The molecule has 0 radical (unpaired) electrons. The molecule has 0 saturated carbocycles. The minimum absolute atomic E-state index is 0.297. The highest BCUT2D eigenvalue weighted by Gasteiger charge is 2.22. The molecule has 4 heteroatoms. The van der Waals surface area contributed by atoms with Gasteiger partial charge in [0.05, 0.1) is 6.61 Å². The molecule has 0 spiro atoms. The Labute approximate surface area is 123 Å². The van der Waals surface area contributed by atoms with E-state index in [9.17, 15) is 0 Å². The molecule has 0 atom stereocenters. The minimum Gasteiger partial charge on any atom is -0.476 e. The van der Waals surface area contributed by atoms with Gasteiger partial charge in [-0.2, -0.15) is 0 Å². The van der Waals surface area contributed by atoms with Crippen LogP contribution >= 0.6 is 0 Å². The SMILES string of the molecule is [2H]C([2H])(CC)CCCOC1=NCN=C1C1=CCCN(C([2H])([2H])[2H])C1. The van der Waals surface area contributed by atoms with Gasteiger partial charge in [-0.05, 0) is 25.4 Å². The average Bonchev–Trinajstić information content (AvgIpc) is 2.99. The summed E-state index contributed by atoms with van der Waals surface area (Å²) in [5.74, 6) is 0.450. The normalized spacial score (nSPS) is 25.3. The van der Waals surface area contributed by atoms with E-state index < -0.39 is 13.3 Å². The lowest BCUT2D eigenvalue weighted by atomic mass is 10.1. The van der Waals surface area contributed by atoms with Crippen molar-refractivity contribution in [3.63, 3.8) is 0 Å². The van der Waals surface area contributed by atoms with Gasteiger partial charge in [-0.15, -0.1) is 0 Å². The van der Waals surface area contributed by atoms with Gasteiger partial charge in [-0.3, -0.25) is 4.99 Å². The predicted molar refractivity (Wildman–Crippen MR) is 80.0 cm³/mol. The van der Waals surface area contributed by atoms with Crippen molar-refractivity contribution in [2.24, 2.45) is 9.98 Å². The van der Waals surface area contributed by atoms with E-state index in [4.69, 9.17) is 11.6 Å². The van der Waals surface area contributed by atoms with E-state index in [-0.39, 0.29) is 0 Å². The molecular weight excluding hydrogens is 238 g/mol. The largest absolute Gasteiger partial charge is 0.476 e. The van der Waals surface area contributed by atoms with Crippen molar-refractivity contribution >= 4 is 11.6 Å². The Bertz CT molecular complexity index is 540. The Morgan fingerprint density at radius 1 is 1.47 bits per heavy atom. The first-order valence-electron chi connectivity index (χ1n) is 9.39. The molecule has 2 aliphatic heterocycles. The lowest BCUT2D eigenvalue weighted by molar-refractivity contribution is 0.298. The quantitative estimate of drug-likeness (QED) is 0.694. The van der Waals surface area contributed by atoms with Crippen LogP contribution in [0.4, 0.5) is 0 Å². The molecule has 0 N–H and O–H groups in total. The summed E-state index contributed by atoms with van der Waals surface area (Å²) in [4.78, 5) is 10.0. The molecule has 0 aromatic carbocycles. The first-order chi connectivity index (χ1) is 11.2. The standard InChI is InChI=1S/C15H25N3O/c1-3-4-5-6-10-19-15-14(16-12-17-15)13-8-7-9-18(2)11-13/h8H,3-7,9-12H2,1-2H3/i2D3,4D2. The summed E-state index contributed by atoms with van der Waals surface area (Å²) in [6.45, 7) is 1.23. The highest BCUT2D eigenvalue weighted by molar-refractivity contribution is 6.46. The molecule has 2 heterocycles. The van der Waals surface area contributed by atoms with Gasteiger partial charge in [0.25, 0.3) is 0 Å². The molecule has 4 nitrogen and oxygen atoms in total. The Kier molecular flexibility index (Phi) is 3.48. The molecular formula is C15H25N3O. The zero-order chi connectivity index (χ0) is 17.8. The minimum atomic E-state index is -2.11. The highest BCUT2D eigenvalue weighted by Crippen LogP contribution is 2.14. The predicted octanol–water partition coefficient (Wildman–Crippen LogP) is 2.66. The van der Waals surface area contributed by atoms with Crippen LogP contribution in [0.25, 0.3) is 0 Å². The summed E-state index contributed by atoms with van der Waals surface area (Å²) < 4.78 is 43.8. The summed E-state index contributed by atoms with van der Waals surface area (Å²) in [7, 11) is 0. The molecule has 0 aromatic heterocycles. The molecule has 0 amide bonds. The summed E-state index contributed by atoms with van der Waals surface area (Å²) in [6.07, 6.45) is 3.03. The Balaban J connectivity index is 1.88. The molecule has 19 heavy (non-hydrogen) atoms. The van der Waals surface area contributed by atoms with Gasteiger partial charge in [0.2, 0.25) is 5.90 Å². The van der Waals surface area contributed by atoms with Crippen LogP contribution in [0.3, 0.4) is 0 Å². The monoisotopic (exact) mass is 268 g/mol. The van der Waals surface area contributed by atoms with Crippen LogP contribution in [0, 0.1) is 0 Å². The molecule has 2 aliphatic rings. The average molecular weight is 268 g/mol. The number of ether oxygens (including phenoxy) is 1. The molecule has 0 fully saturated rings. The third-order valence-corrected chi connectivity index (χ3v) is 3.09. The Morgan fingerprint density at radius 2 is 2.42 bits per heavy atom. The van der Waals surface area contributed by atoms with Crippen LogP contribution in [0.2, 0.25) is 0 Å². The van der Waals surface area contributed by atoms with E-state index >= 15 is 0 Å². The maximum absolute atomic E-state index is 7.73. The summed E-state index contributed by atoms with van der Waals surface area (Å²) in [5.41, 5.74) is 1.49. The Hall–Kier alpha value is -1.16. The van der Waals surface area contributed by atoms with Gasteiger partial charge in [0, 0.05) is 19.9 Å². The van der Waals surface area contributed by atoms with Crippen molar-refractivity contribution in [1.29, 1.82) is 0 Å². The lowest BCUT2D eigenvalue weighted by Gasteiger charge is -2.23. The maximum Gasteiger partial charge on any atom is 0.237 e.